The van der Waals surface area contributed by atoms with E-state index in [4.69, 9.17) is 0 Å². The van der Waals surface area contributed by atoms with Crippen LogP contribution in [0.1, 0.15) is 38.8 Å². The fourth-order valence-corrected chi connectivity index (χ4v) is 2.86. The minimum absolute atomic E-state index is 0.0530. The Hall–Kier alpha value is -0.0400. The Bertz CT molecular complexity index is 403. The highest BCUT2D eigenvalue weighted by molar-refractivity contribution is 14.1. The maximum atomic E-state index is 12.2. The van der Waals surface area contributed by atoms with Crippen molar-refractivity contribution in [3.63, 3.8) is 0 Å². The molecular weight excluding hydrogens is 357 g/mol. The second-order valence-electron chi connectivity index (χ2n) is 5.13. The van der Waals surface area contributed by atoms with Gasteiger partial charge in [0.2, 0.25) is 0 Å². The summed E-state index contributed by atoms with van der Waals surface area (Å²) >= 11 is 1.21. The van der Waals surface area contributed by atoms with Crippen molar-refractivity contribution in [1.29, 1.82) is 0 Å². The zero-order valence-corrected chi connectivity index (χ0v) is 14.0. The number of benzene rings is 1. The van der Waals surface area contributed by atoms with Crippen molar-refractivity contribution in [3.05, 3.63) is 46.1 Å². The fourth-order valence-electron chi connectivity index (χ4n) is 1.45. The quantitative estimate of drug-likeness (QED) is 0.479. The molecule has 1 unspecified atom stereocenters. The van der Waals surface area contributed by atoms with Gasteiger partial charge < -0.3 is 4.55 Å². The van der Waals surface area contributed by atoms with Crippen LogP contribution in [-0.4, -0.2) is 9.30 Å². The Kier molecular flexibility index (Phi) is 6.17. The number of halogens is 1. The molecule has 1 aromatic carbocycles. The number of rotatable bonds is 5. The Morgan fingerprint density at radius 2 is 2.17 bits per heavy atom. The molecule has 18 heavy (non-hydrogen) atoms. The van der Waals surface area contributed by atoms with E-state index in [9.17, 15) is 4.55 Å². The lowest BCUT2D eigenvalue weighted by Gasteiger charge is -2.27. The van der Waals surface area contributed by atoms with Gasteiger partial charge >= 0.3 is 0 Å². The van der Waals surface area contributed by atoms with E-state index in [0.717, 1.165) is 12.0 Å². The number of hydrogen-bond donors (Lipinski definition) is 1. The summed E-state index contributed by atoms with van der Waals surface area (Å²) in [6.45, 7) is 9.68. The van der Waals surface area contributed by atoms with Crippen LogP contribution in [-0.2, 0) is 11.4 Å². The van der Waals surface area contributed by atoms with Crippen LogP contribution in [0.5, 0.6) is 0 Å². The molecule has 0 aliphatic carbocycles. The summed E-state index contributed by atoms with van der Waals surface area (Å²) in [6.07, 6.45) is 2.62. The lowest BCUT2D eigenvalue weighted by molar-refractivity contribution is 0.524. The molecule has 1 N–H and O–H groups in total. The summed E-state index contributed by atoms with van der Waals surface area (Å²) in [5.74, 6) is 0. The summed E-state index contributed by atoms with van der Waals surface area (Å²) in [4.78, 5) is 0. The van der Waals surface area contributed by atoms with Gasteiger partial charge in [-0.3, -0.25) is 0 Å². The summed E-state index contributed by atoms with van der Waals surface area (Å²) in [5.41, 5.74) is 1.15. The monoisotopic (exact) mass is 377 g/mol. The molecule has 0 bridgehead atoms. The highest BCUT2D eigenvalue weighted by atomic mass is 127. The smallest absolute Gasteiger partial charge is 0.136 e. The Morgan fingerprint density at radius 3 is 2.67 bits per heavy atom. The van der Waals surface area contributed by atoms with Crippen molar-refractivity contribution >= 4 is 34.0 Å². The molecule has 2 nitrogen and oxygen atoms in total. The summed E-state index contributed by atoms with van der Waals surface area (Å²) in [6, 6.07) is 8.30. The third-order valence-corrected chi connectivity index (χ3v) is 4.74. The van der Waals surface area contributed by atoms with E-state index >= 15 is 0 Å². The molecular formula is C14H20INOS. The van der Waals surface area contributed by atoms with Crippen molar-refractivity contribution in [2.45, 2.75) is 38.0 Å². The third kappa shape index (κ3) is 4.91. The van der Waals surface area contributed by atoms with Crippen LogP contribution in [0, 0.1) is 3.57 Å². The Balaban J connectivity index is 2.86. The molecule has 1 aromatic rings. The molecule has 0 aliphatic heterocycles. The van der Waals surface area contributed by atoms with Gasteiger partial charge in [0.05, 0.1) is 6.04 Å². The van der Waals surface area contributed by atoms with Crippen molar-refractivity contribution in [1.82, 2.24) is 4.72 Å². The lowest BCUT2D eigenvalue weighted by Crippen LogP contribution is -2.41. The van der Waals surface area contributed by atoms with Crippen LogP contribution in [0.4, 0.5) is 0 Å². The minimum atomic E-state index is -1.08. The first-order chi connectivity index (χ1) is 8.34. The highest BCUT2D eigenvalue weighted by Crippen LogP contribution is 2.23. The summed E-state index contributed by atoms with van der Waals surface area (Å²) < 4.78 is 16.3. The molecule has 0 amide bonds. The number of hydrogen-bond acceptors (Lipinski definition) is 2. The van der Waals surface area contributed by atoms with Gasteiger partial charge in [-0.1, -0.05) is 18.2 Å². The second-order valence-corrected chi connectivity index (χ2v) is 8.37. The predicted octanol–water partition coefficient (Wildman–Crippen LogP) is 3.96. The first kappa shape index (κ1) is 16.0. The zero-order valence-electron chi connectivity index (χ0n) is 11.1. The Labute approximate surface area is 127 Å². The first-order valence-electron chi connectivity index (χ1n) is 5.89. The molecule has 0 radical (unpaired) electrons. The van der Waals surface area contributed by atoms with Gasteiger partial charge in [-0.05, 0) is 67.5 Å². The number of nitrogens with one attached hydrogen (secondary N) is 1. The highest BCUT2D eigenvalue weighted by Gasteiger charge is 2.29. The van der Waals surface area contributed by atoms with E-state index in [1.807, 2.05) is 32.9 Å². The van der Waals surface area contributed by atoms with Gasteiger partial charge in [0.1, 0.15) is 4.75 Å². The molecule has 0 aromatic heterocycles. The molecule has 0 fully saturated rings. The Morgan fingerprint density at radius 1 is 1.50 bits per heavy atom. The molecule has 1 rings (SSSR count). The maximum absolute atomic E-state index is 12.2. The largest absolute Gasteiger partial charge is 0.598 e. The molecule has 100 valence electrons. The van der Waals surface area contributed by atoms with Gasteiger partial charge in [0.25, 0.3) is 0 Å². The molecule has 0 aliphatic rings. The standard InChI is InChI=1S/C14H20INOS/c1-5-7-13(16-18(17)14(2,3)4)11-8-6-9-12(15)10-11/h5-6,8-10,13,16H,1,7H2,2-4H3/t13-,18?/m0/s1. The van der Waals surface area contributed by atoms with E-state index in [1.54, 1.807) is 0 Å². The van der Waals surface area contributed by atoms with E-state index in [0.29, 0.717) is 0 Å². The SMILES string of the molecule is C=CC[C@H](N[S+]([O-])C(C)(C)C)c1cccc(I)c1. The average molecular weight is 377 g/mol. The molecule has 0 heterocycles. The van der Waals surface area contributed by atoms with E-state index in [1.165, 1.54) is 3.57 Å². The van der Waals surface area contributed by atoms with Crippen LogP contribution in [0.15, 0.2) is 36.9 Å². The molecule has 0 saturated heterocycles. The van der Waals surface area contributed by atoms with E-state index in [2.05, 4.69) is 52.1 Å². The zero-order chi connectivity index (χ0) is 13.8. The van der Waals surface area contributed by atoms with Crippen LogP contribution < -0.4 is 4.72 Å². The molecule has 0 spiro atoms. The van der Waals surface area contributed by atoms with Crippen LogP contribution in [0.25, 0.3) is 0 Å². The van der Waals surface area contributed by atoms with Crippen molar-refractivity contribution in [3.8, 4) is 0 Å². The van der Waals surface area contributed by atoms with Crippen LogP contribution >= 0.6 is 22.6 Å². The summed E-state index contributed by atoms with van der Waals surface area (Å²) in [7, 11) is 0. The normalized spacial score (nSPS) is 15.2. The lowest BCUT2D eigenvalue weighted by atomic mass is 10.1. The minimum Gasteiger partial charge on any atom is -0.598 e. The van der Waals surface area contributed by atoms with Gasteiger partial charge in [-0.2, -0.15) is 0 Å². The third-order valence-electron chi connectivity index (χ3n) is 2.46. The van der Waals surface area contributed by atoms with Crippen molar-refractivity contribution in [2.75, 3.05) is 0 Å². The van der Waals surface area contributed by atoms with E-state index in [-0.39, 0.29) is 10.8 Å². The summed E-state index contributed by atoms with van der Waals surface area (Å²) in [5, 5.41) is 0. The van der Waals surface area contributed by atoms with Crippen molar-refractivity contribution < 1.29 is 4.55 Å². The van der Waals surface area contributed by atoms with Gasteiger partial charge in [-0.25, -0.2) is 0 Å². The van der Waals surface area contributed by atoms with Crippen LogP contribution in [0.2, 0.25) is 0 Å². The van der Waals surface area contributed by atoms with E-state index < -0.39 is 11.4 Å². The average Bonchev–Trinajstić information content (AvgIpc) is 2.27. The fraction of sp³-hybridized carbons (Fsp3) is 0.429. The van der Waals surface area contributed by atoms with Gasteiger partial charge in [0.15, 0.2) is 0 Å². The molecule has 4 heteroatoms. The topological polar surface area (TPSA) is 35.1 Å². The van der Waals surface area contributed by atoms with Crippen LogP contribution in [0.3, 0.4) is 0 Å². The predicted molar refractivity (Wildman–Crippen MR) is 87.7 cm³/mol. The molecule has 2 atom stereocenters. The van der Waals surface area contributed by atoms with Gasteiger partial charge in [0, 0.05) is 14.9 Å². The second kappa shape index (κ2) is 6.93. The maximum Gasteiger partial charge on any atom is 0.136 e. The molecule has 0 saturated carbocycles. The first-order valence-corrected chi connectivity index (χ1v) is 8.12. The van der Waals surface area contributed by atoms with Crippen molar-refractivity contribution in [2.24, 2.45) is 0 Å². The van der Waals surface area contributed by atoms with Gasteiger partial charge in [-0.15, -0.1) is 11.3 Å².